The van der Waals surface area contributed by atoms with E-state index in [1.807, 2.05) is 0 Å². The number of nitrogens with zero attached hydrogens (tertiary/aromatic N) is 1. The standard InChI is InChI=1S/C19H17F2N3O3/c1-3-11-7-8-13(12(20)10-11)22-17-15(18(25)23-27-4-2)14-6-5-9-24(14)19(26)16(17)21/h1,7-8,10,22H,4-6,9H2,2H3,(H,23,25). The summed E-state index contributed by atoms with van der Waals surface area (Å²) in [4.78, 5) is 29.8. The quantitative estimate of drug-likeness (QED) is 0.624. The monoisotopic (exact) mass is 373 g/mol. The van der Waals surface area contributed by atoms with E-state index in [1.54, 1.807) is 6.92 Å². The molecule has 1 aliphatic heterocycles. The van der Waals surface area contributed by atoms with Crippen LogP contribution in [0.2, 0.25) is 0 Å². The van der Waals surface area contributed by atoms with Crippen molar-refractivity contribution >= 4 is 17.3 Å². The highest BCUT2D eigenvalue weighted by molar-refractivity contribution is 6.01. The lowest BCUT2D eigenvalue weighted by molar-refractivity contribution is 0.0363. The molecule has 0 bridgehead atoms. The number of hydroxylamine groups is 1. The molecule has 3 rings (SSSR count). The van der Waals surface area contributed by atoms with Gasteiger partial charge in [-0.15, -0.1) is 6.42 Å². The third-order valence-corrected chi connectivity index (χ3v) is 4.24. The molecule has 2 aromatic rings. The van der Waals surface area contributed by atoms with Crippen LogP contribution in [-0.4, -0.2) is 17.1 Å². The summed E-state index contributed by atoms with van der Waals surface area (Å²) in [7, 11) is 0. The van der Waals surface area contributed by atoms with E-state index in [1.165, 1.54) is 16.7 Å². The van der Waals surface area contributed by atoms with Crippen molar-refractivity contribution in [1.29, 1.82) is 0 Å². The van der Waals surface area contributed by atoms with Crippen molar-refractivity contribution in [3.8, 4) is 12.3 Å². The molecule has 0 saturated heterocycles. The molecule has 1 amide bonds. The van der Waals surface area contributed by atoms with Crippen molar-refractivity contribution < 1.29 is 18.4 Å². The SMILES string of the molecule is C#Cc1ccc(Nc2c(C(=O)NOCC)c3n(c(=O)c2F)CCC3)c(F)c1. The number of fused-ring (bicyclic) bond motifs is 1. The topological polar surface area (TPSA) is 72.4 Å². The van der Waals surface area contributed by atoms with Crippen LogP contribution in [0.4, 0.5) is 20.2 Å². The number of amides is 1. The van der Waals surface area contributed by atoms with Crippen molar-refractivity contribution in [3.63, 3.8) is 0 Å². The highest BCUT2D eigenvalue weighted by Gasteiger charge is 2.29. The number of halogens is 2. The predicted octanol–water partition coefficient (Wildman–Crippen LogP) is 2.48. The van der Waals surface area contributed by atoms with Crippen LogP contribution in [0, 0.1) is 24.0 Å². The van der Waals surface area contributed by atoms with Gasteiger partial charge in [-0.2, -0.15) is 4.39 Å². The first-order valence-corrected chi connectivity index (χ1v) is 8.38. The second-order valence-electron chi connectivity index (χ2n) is 5.90. The Labute approximate surface area is 154 Å². The fraction of sp³-hybridized carbons (Fsp3) is 0.263. The van der Waals surface area contributed by atoms with Crippen molar-refractivity contribution in [2.45, 2.75) is 26.3 Å². The first-order valence-electron chi connectivity index (χ1n) is 8.38. The highest BCUT2D eigenvalue weighted by atomic mass is 19.1. The molecule has 8 heteroatoms. The molecule has 2 N–H and O–H groups in total. The number of nitrogens with one attached hydrogen (secondary N) is 2. The van der Waals surface area contributed by atoms with Gasteiger partial charge >= 0.3 is 0 Å². The Morgan fingerprint density at radius 1 is 1.41 bits per heavy atom. The van der Waals surface area contributed by atoms with Crippen LogP contribution < -0.4 is 16.4 Å². The Kier molecular flexibility index (Phi) is 5.23. The molecule has 2 heterocycles. The van der Waals surface area contributed by atoms with E-state index >= 15 is 0 Å². The van der Waals surface area contributed by atoms with E-state index in [2.05, 4.69) is 16.7 Å². The summed E-state index contributed by atoms with van der Waals surface area (Å²) in [5, 5.41) is 2.54. The van der Waals surface area contributed by atoms with Crippen LogP contribution in [0.5, 0.6) is 0 Å². The summed E-state index contributed by atoms with van der Waals surface area (Å²) in [6.45, 7) is 2.18. The van der Waals surface area contributed by atoms with E-state index < -0.39 is 28.8 Å². The minimum Gasteiger partial charge on any atom is -0.350 e. The van der Waals surface area contributed by atoms with Crippen LogP contribution in [0.25, 0.3) is 0 Å². The average Bonchev–Trinajstić information content (AvgIpc) is 3.15. The van der Waals surface area contributed by atoms with E-state index in [4.69, 9.17) is 11.3 Å². The maximum absolute atomic E-state index is 14.8. The smallest absolute Gasteiger partial charge is 0.289 e. The molecule has 6 nitrogen and oxygen atoms in total. The van der Waals surface area contributed by atoms with Gasteiger partial charge in [-0.25, -0.2) is 9.87 Å². The molecule has 0 spiro atoms. The zero-order valence-electron chi connectivity index (χ0n) is 14.6. The number of hydrogen-bond acceptors (Lipinski definition) is 4. The zero-order chi connectivity index (χ0) is 19.6. The molecule has 1 aromatic carbocycles. The van der Waals surface area contributed by atoms with Gasteiger partial charge in [-0.3, -0.25) is 14.4 Å². The second-order valence-corrected chi connectivity index (χ2v) is 5.90. The summed E-state index contributed by atoms with van der Waals surface area (Å²) in [5.74, 6) is -0.326. The van der Waals surface area contributed by atoms with Gasteiger partial charge in [0.2, 0.25) is 5.82 Å². The van der Waals surface area contributed by atoms with Crippen LogP contribution in [0.15, 0.2) is 23.0 Å². The van der Waals surface area contributed by atoms with Crippen LogP contribution in [0.1, 0.15) is 35.0 Å². The minimum atomic E-state index is -1.16. The number of pyridine rings is 1. The summed E-state index contributed by atoms with van der Waals surface area (Å²) in [5.41, 5.74) is 1.44. The average molecular weight is 373 g/mol. The Morgan fingerprint density at radius 2 is 2.19 bits per heavy atom. The summed E-state index contributed by atoms with van der Waals surface area (Å²) in [6, 6.07) is 3.88. The molecular weight excluding hydrogens is 356 g/mol. The Morgan fingerprint density at radius 3 is 2.85 bits per heavy atom. The van der Waals surface area contributed by atoms with Gasteiger partial charge in [0, 0.05) is 17.8 Å². The molecular formula is C19H17F2N3O3. The van der Waals surface area contributed by atoms with Gasteiger partial charge in [0.1, 0.15) is 5.82 Å². The van der Waals surface area contributed by atoms with E-state index in [9.17, 15) is 18.4 Å². The Balaban J connectivity index is 2.14. The third kappa shape index (κ3) is 3.41. The molecule has 0 fully saturated rings. The maximum atomic E-state index is 14.8. The number of aromatic nitrogens is 1. The van der Waals surface area contributed by atoms with Crippen molar-refractivity contribution in [2.75, 3.05) is 11.9 Å². The lowest BCUT2D eigenvalue weighted by atomic mass is 10.1. The molecule has 27 heavy (non-hydrogen) atoms. The molecule has 0 unspecified atom stereocenters. The predicted molar refractivity (Wildman–Crippen MR) is 95.7 cm³/mol. The number of rotatable bonds is 5. The number of terminal acetylenes is 1. The summed E-state index contributed by atoms with van der Waals surface area (Å²) >= 11 is 0. The minimum absolute atomic E-state index is 0.0847. The third-order valence-electron chi connectivity index (χ3n) is 4.24. The first kappa shape index (κ1) is 18.6. The fourth-order valence-electron chi connectivity index (χ4n) is 3.03. The number of carbonyl (C=O) groups excluding carboxylic acids is 1. The lowest BCUT2D eigenvalue weighted by Crippen LogP contribution is -2.32. The lowest BCUT2D eigenvalue weighted by Gasteiger charge is -2.17. The molecule has 0 atom stereocenters. The highest BCUT2D eigenvalue weighted by Crippen LogP contribution is 2.30. The van der Waals surface area contributed by atoms with Crippen LogP contribution in [0.3, 0.4) is 0 Å². The van der Waals surface area contributed by atoms with E-state index in [0.29, 0.717) is 30.6 Å². The normalized spacial score (nSPS) is 12.4. The van der Waals surface area contributed by atoms with Gasteiger partial charge in [0.15, 0.2) is 0 Å². The van der Waals surface area contributed by atoms with Gasteiger partial charge in [-0.1, -0.05) is 5.92 Å². The Hall–Kier alpha value is -3.18. The van der Waals surface area contributed by atoms with Crippen molar-refractivity contribution in [1.82, 2.24) is 10.0 Å². The van der Waals surface area contributed by atoms with Gasteiger partial charge in [0.05, 0.1) is 23.5 Å². The molecule has 0 saturated carbocycles. The molecule has 0 aliphatic carbocycles. The molecule has 140 valence electrons. The largest absolute Gasteiger partial charge is 0.350 e. The molecule has 1 aliphatic rings. The maximum Gasteiger partial charge on any atom is 0.289 e. The van der Waals surface area contributed by atoms with Gasteiger partial charge < -0.3 is 9.88 Å². The van der Waals surface area contributed by atoms with Crippen molar-refractivity contribution in [3.05, 3.63) is 57.0 Å². The number of benzene rings is 1. The summed E-state index contributed by atoms with van der Waals surface area (Å²) in [6.07, 6.45) is 6.24. The summed E-state index contributed by atoms with van der Waals surface area (Å²) < 4.78 is 30.3. The zero-order valence-corrected chi connectivity index (χ0v) is 14.6. The number of hydrogen-bond donors (Lipinski definition) is 2. The van der Waals surface area contributed by atoms with E-state index in [0.717, 1.165) is 6.07 Å². The Bertz CT molecular complexity index is 1010. The van der Waals surface area contributed by atoms with Gasteiger partial charge in [-0.05, 0) is 38.0 Å². The first-order chi connectivity index (χ1) is 13.0. The number of anilines is 2. The van der Waals surface area contributed by atoms with Crippen LogP contribution in [-0.2, 0) is 17.8 Å². The van der Waals surface area contributed by atoms with Crippen molar-refractivity contribution in [2.24, 2.45) is 0 Å². The second kappa shape index (κ2) is 7.60. The van der Waals surface area contributed by atoms with Crippen LogP contribution >= 0.6 is 0 Å². The molecule has 1 aromatic heterocycles. The van der Waals surface area contributed by atoms with E-state index in [-0.39, 0.29) is 17.9 Å². The fourth-order valence-corrected chi connectivity index (χ4v) is 3.03. The molecule has 0 radical (unpaired) electrons. The van der Waals surface area contributed by atoms with Gasteiger partial charge in [0.25, 0.3) is 11.5 Å². The number of carbonyl (C=O) groups is 1.